The topological polar surface area (TPSA) is 41.6 Å². The molecule has 25 heavy (non-hydrogen) atoms. The number of nitrogens with zero attached hydrogens (tertiary/aromatic N) is 1. The summed E-state index contributed by atoms with van der Waals surface area (Å²) < 4.78 is 5.52. The van der Waals surface area contributed by atoms with E-state index in [4.69, 9.17) is 4.74 Å². The fourth-order valence-electron chi connectivity index (χ4n) is 3.30. The van der Waals surface area contributed by atoms with Gasteiger partial charge in [0.25, 0.3) is 5.91 Å². The van der Waals surface area contributed by atoms with Gasteiger partial charge in [0.1, 0.15) is 5.75 Å². The fraction of sp³-hybridized carbons (Fsp3) is 0.350. The van der Waals surface area contributed by atoms with Gasteiger partial charge in [-0.3, -0.25) is 9.69 Å². The maximum Gasteiger partial charge on any atom is 0.255 e. The van der Waals surface area contributed by atoms with Crippen LogP contribution in [0.25, 0.3) is 0 Å². The molecule has 2 aliphatic heterocycles. The van der Waals surface area contributed by atoms with Crippen molar-refractivity contribution in [3.05, 3.63) is 59.2 Å². The van der Waals surface area contributed by atoms with Crippen molar-refractivity contribution in [3.8, 4) is 5.75 Å². The molecule has 0 atom stereocenters. The van der Waals surface area contributed by atoms with Gasteiger partial charge in [-0.05, 0) is 35.4 Å². The van der Waals surface area contributed by atoms with Crippen molar-refractivity contribution in [2.75, 3.05) is 36.5 Å². The Kier molecular flexibility index (Phi) is 4.95. The van der Waals surface area contributed by atoms with Crippen molar-refractivity contribution in [2.45, 2.75) is 13.0 Å². The number of thioether (sulfide) groups is 1. The number of carbonyl (C=O) groups excluding carboxylic acids is 1. The maximum absolute atomic E-state index is 12.7. The van der Waals surface area contributed by atoms with Crippen LogP contribution in [-0.2, 0) is 13.0 Å². The minimum Gasteiger partial charge on any atom is -0.493 e. The van der Waals surface area contributed by atoms with E-state index in [1.54, 1.807) is 0 Å². The first-order chi connectivity index (χ1) is 12.3. The van der Waals surface area contributed by atoms with E-state index in [0.717, 1.165) is 43.1 Å². The molecule has 4 rings (SSSR count). The Morgan fingerprint density at radius 3 is 2.88 bits per heavy atom. The minimum absolute atomic E-state index is 0.0589. The number of ether oxygens (including phenoxy) is 1. The van der Waals surface area contributed by atoms with E-state index >= 15 is 0 Å². The Morgan fingerprint density at radius 2 is 2.00 bits per heavy atom. The van der Waals surface area contributed by atoms with Gasteiger partial charge in [-0.25, -0.2) is 0 Å². The zero-order valence-electron chi connectivity index (χ0n) is 14.2. The highest BCUT2D eigenvalue weighted by molar-refractivity contribution is 7.99. The van der Waals surface area contributed by atoms with Crippen LogP contribution in [0.2, 0.25) is 0 Å². The number of nitrogens with one attached hydrogen (secondary N) is 1. The summed E-state index contributed by atoms with van der Waals surface area (Å²) in [7, 11) is 0. The summed E-state index contributed by atoms with van der Waals surface area (Å²) in [6, 6.07) is 13.8. The van der Waals surface area contributed by atoms with Gasteiger partial charge in [-0.15, -0.1) is 0 Å². The number of anilines is 1. The number of benzene rings is 2. The quantitative estimate of drug-likeness (QED) is 0.913. The Hall–Kier alpha value is -1.98. The summed E-state index contributed by atoms with van der Waals surface area (Å²) in [5.41, 5.74) is 3.88. The van der Waals surface area contributed by atoms with Crippen LogP contribution in [-0.4, -0.2) is 42.0 Å². The molecule has 2 aromatic carbocycles. The normalized spacial score (nSPS) is 17.0. The van der Waals surface area contributed by atoms with E-state index < -0.39 is 0 Å². The SMILES string of the molecule is O=C(Nc1ccccc1CN1CCSCC1)c1ccc2c(c1)CCO2. The molecule has 2 aliphatic rings. The first-order valence-corrected chi connectivity index (χ1v) is 9.90. The Bertz CT molecular complexity index is 772. The molecule has 4 nitrogen and oxygen atoms in total. The van der Waals surface area contributed by atoms with Gasteiger partial charge >= 0.3 is 0 Å². The standard InChI is InChI=1S/C20H22N2O2S/c23-20(16-5-6-19-15(13-16)7-10-24-19)21-18-4-2-1-3-17(18)14-22-8-11-25-12-9-22/h1-6,13H,7-12,14H2,(H,21,23). The summed E-state index contributed by atoms with van der Waals surface area (Å²) in [5, 5.41) is 3.10. The fourth-order valence-corrected chi connectivity index (χ4v) is 4.28. The van der Waals surface area contributed by atoms with Crippen LogP contribution in [0.1, 0.15) is 21.5 Å². The van der Waals surface area contributed by atoms with Crippen LogP contribution in [0, 0.1) is 0 Å². The van der Waals surface area contributed by atoms with Crippen LogP contribution < -0.4 is 10.1 Å². The lowest BCUT2D eigenvalue weighted by molar-refractivity contribution is 0.102. The van der Waals surface area contributed by atoms with Crippen molar-refractivity contribution in [1.29, 1.82) is 0 Å². The summed E-state index contributed by atoms with van der Waals surface area (Å²) in [4.78, 5) is 15.1. The molecule has 1 saturated heterocycles. The molecular weight excluding hydrogens is 332 g/mol. The highest BCUT2D eigenvalue weighted by Crippen LogP contribution is 2.27. The zero-order valence-corrected chi connectivity index (χ0v) is 15.0. The van der Waals surface area contributed by atoms with E-state index in [0.29, 0.717) is 12.2 Å². The molecule has 0 aromatic heterocycles. The lowest BCUT2D eigenvalue weighted by Crippen LogP contribution is -2.32. The van der Waals surface area contributed by atoms with E-state index in [1.165, 1.54) is 17.1 Å². The monoisotopic (exact) mass is 354 g/mol. The van der Waals surface area contributed by atoms with Crippen molar-refractivity contribution in [3.63, 3.8) is 0 Å². The molecule has 1 fully saturated rings. The van der Waals surface area contributed by atoms with Gasteiger partial charge < -0.3 is 10.1 Å². The van der Waals surface area contributed by atoms with Crippen LogP contribution in [0.4, 0.5) is 5.69 Å². The molecule has 2 heterocycles. The molecule has 0 saturated carbocycles. The van der Waals surface area contributed by atoms with E-state index in [1.807, 2.05) is 48.2 Å². The lowest BCUT2D eigenvalue weighted by Gasteiger charge is -2.27. The van der Waals surface area contributed by atoms with Gasteiger partial charge in [0.05, 0.1) is 6.61 Å². The number of fused-ring (bicyclic) bond motifs is 1. The zero-order chi connectivity index (χ0) is 17.1. The highest BCUT2D eigenvalue weighted by atomic mass is 32.2. The molecule has 0 spiro atoms. The molecule has 1 amide bonds. The number of hydrogen-bond donors (Lipinski definition) is 1. The maximum atomic E-state index is 12.7. The summed E-state index contributed by atoms with van der Waals surface area (Å²) in [6.45, 7) is 3.81. The van der Waals surface area contributed by atoms with Crippen molar-refractivity contribution < 1.29 is 9.53 Å². The molecule has 0 unspecified atom stereocenters. The van der Waals surface area contributed by atoms with Gasteiger partial charge in [0.2, 0.25) is 0 Å². The van der Waals surface area contributed by atoms with Crippen LogP contribution in [0.5, 0.6) is 5.75 Å². The van der Waals surface area contributed by atoms with Gasteiger partial charge in [-0.2, -0.15) is 11.8 Å². The number of carbonyl (C=O) groups is 1. The summed E-state index contributed by atoms with van der Waals surface area (Å²) >= 11 is 2.01. The minimum atomic E-state index is -0.0589. The third-order valence-corrected chi connectivity index (χ3v) is 5.66. The Morgan fingerprint density at radius 1 is 1.16 bits per heavy atom. The predicted molar refractivity (Wildman–Crippen MR) is 103 cm³/mol. The van der Waals surface area contributed by atoms with Crippen LogP contribution in [0.3, 0.4) is 0 Å². The number of rotatable bonds is 4. The van der Waals surface area contributed by atoms with E-state index in [2.05, 4.69) is 16.3 Å². The summed E-state index contributed by atoms with van der Waals surface area (Å²) in [6.07, 6.45) is 0.875. The van der Waals surface area contributed by atoms with Gasteiger partial charge in [0, 0.05) is 48.8 Å². The average molecular weight is 354 g/mol. The highest BCUT2D eigenvalue weighted by Gasteiger charge is 2.17. The summed E-state index contributed by atoms with van der Waals surface area (Å²) in [5.74, 6) is 3.22. The Balaban J connectivity index is 1.49. The van der Waals surface area contributed by atoms with E-state index in [9.17, 15) is 4.79 Å². The van der Waals surface area contributed by atoms with Crippen molar-refractivity contribution >= 4 is 23.4 Å². The number of para-hydroxylation sites is 1. The van der Waals surface area contributed by atoms with Crippen LogP contribution in [0.15, 0.2) is 42.5 Å². The molecular formula is C20H22N2O2S. The third kappa shape index (κ3) is 3.83. The lowest BCUT2D eigenvalue weighted by atomic mass is 10.1. The molecule has 0 bridgehead atoms. The number of hydrogen-bond acceptors (Lipinski definition) is 4. The first kappa shape index (κ1) is 16.5. The molecule has 0 aliphatic carbocycles. The molecule has 5 heteroatoms. The molecule has 2 aromatic rings. The molecule has 130 valence electrons. The van der Waals surface area contributed by atoms with Gasteiger partial charge in [-0.1, -0.05) is 18.2 Å². The van der Waals surface area contributed by atoms with Crippen LogP contribution >= 0.6 is 11.8 Å². The predicted octanol–water partition coefficient (Wildman–Crippen LogP) is 3.42. The number of amides is 1. The first-order valence-electron chi connectivity index (χ1n) is 8.75. The van der Waals surface area contributed by atoms with Crippen molar-refractivity contribution in [1.82, 2.24) is 4.90 Å². The second kappa shape index (κ2) is 7.50. The smallest absolute Gasteiger partial charge is 0.255 e. The van der Waals surface area contributed by atoms with Gasteiger partial charge in [0.15, 0.2) is 0 Å². The van der Waals surface area contributed by atoms with Crippen molar-refractivity contribution in [2.24, 2.45) is 0 Å². The second-order valence-corrected chi connectivity index (χ2v) is 7.65. The Labute approximate surface area is 152 Å². The molecule has 0 radical (unpaired) electrons. The average Bonchev–Trinajstić information content (AvgIpc) is 3.12. The molecule has 1 N–H and O–H groups in total. The van der Waals surface area contributed by atoms with E-state index in [-0.39, 0.29) is 5.91 Å². The largest absolute Gasteiger partial charge is 0.493 e. The second-order valence-electron chi connectivity index (χ2n) is 6.42. The third-order valence-electron chi connectivity index (χ3n) is 4.71.